The van der Waals surface area contributed by atoms with Gasteiger partial charge in [0, 0.05) is 35.8 Å². The zero-order valence-electron chi connectivity index (χ0n) is 17.9. The van der Waals surface area contributed by atoms with E-state index in [2.05, 4.69) is 20.8 Å². The van der Waals surface area contributed by atoms with Gasteiger partial charge in [0.15, 0.2) is 18.1 Å². The number of ether oxygens (including phenoxy) is 1. The molecule has 9 nitrogen and oxygen atoms in total. The lowest BCUT2D eigenvalue weighted by Crippen LogP contribution is -2.15. The van der Waals surface area contributed by atoms with E-state index in [1.54, 1.807) is 72.7 Å². The molecule has 2 amide bonds. The van der Waals surface area contributed by atoms with Crippen LogP contribution in [0, 0.1) is 6.92 Å². The Kier molecular flexibility index (Phi) is 6.41. The van der Waals surface area contributed by atoms with Crippen LogP contribution in [0.5, 0.6) is 5.75 Å². The van der Waals surface area contributed by atoms with Crippen LogP contribution in [0.15, 0.2) is 67.0 Å². The second kappa shape index (κ2) is 9.58. The number of nitrogens with zero attached hydrogens (tertiary/aromatic N) is 4. The Hall–Kier alpha value is -4.11. The van der Waals surface area contributed by atoms with Crippen LogP contribution >= 0.6 is 11.6 Å². The van der Waals surface area contributed by atoms with Gasteiger partial charge in [-0.1, -0.05) is 17.7 Å². The molecule has 0 aliphatic rings. The van der Waals surface area contributed by atoms with Gasteiger partial charge in [0.05, 0.1) is 0 Å². The van der Waals surface area contributed by atoms with Crippen LogP contribution in [-0.4, -0.2) is 31.4 Å². The molecule has 10 heteroatoms. The first kappa shape index (κ1) is 22.1. The van der Waals surface area contributed by atoms with Gasteiger partial charge >= 0.3 is 0 Å². The van der Waals surface area contributed by atoms with E-state index in [1.165, 1.54) is 4.68 Å². The molecule has 0 bridgehead atoms. The predicted octanol–water partition coefficient (Wildman–Crippen LogP) is 4.12. The second-order valence-corrected chi connectivity index (χ2v) is 7.70. The molecule has 0 aliphatic carbocycles. The van der Waals surface area contributed by atoms with Gasteiger partial charge in [-0.15, -0.1) is 0 Å². The van der Waals surface area contributed by atoms with E-state index in [9.17, 15) is 9.59 Å². The number of aromatic nitrogens is 4. The van der Waals surface area contributed by atoms with Crippen molar-refractivity contribution in [2.75, 3.05) is 10.6 Å². The van der Waals surface area contributed by atoms with Crippen molar-refractivity contribution >= 4 is 34.8 Å². The van der Waals surface area contributed by atoms with Gasteiger partial charge in [-0.05, 0) is 61.0 Å². The Labute approximate surface area is 194 Å². The SMILES string of the molecule is Cc1cc(OCn2ccc(C(=O)Nc3cccc(NC(=O)c4ccn(C)n4)c3)n2)ccc1Cl. The summed E-state index contributed by atoms with van der Waals surface area (Å²) in [6.45, 7) is 2.04. The van der Waals surface area contributed by atoms with E-state index in [4.69, 9.17) is 16.3 Å². The maximum atomic E-state index is 12.6. The molecular weight excluding hydrogens is 444 g/mol. The summed E-state index contributed by atoms with van der Waals surface area (Å²) in [7, 11) is 1.74. The normalized spacial score (nSPS) is 10.6. The Morgan fingerprint density at radius 2 is 1.61 bits per heavy atom. The molecule has 2 heterocycles. The fourth-order valence-electron chi connectivity index (χ4n) is 3.00. The molecular formula is C23H21ClN6O3. The number of hydrogen-bond donors (Lipinski definition) is 2. The molecule has 0 fully saturated rings. The first-order chi connectivity index (χ1) is 15.9. The largest absolute Gasteiger partial charge is 0.471 e. The molecule has 0 atom stereocenters. The monoisotopic (exact) mass is 464 g/mol. The summed E-state index contributed by atoms with van der Waals surface area (Å²) in [6, 6.07) is 15.4. The van der Waals surface area contributed by atoms with Gasteiger partial charge in [-0.2, -0.15) is 10.2 Å². The summed E-state index contributed by atoms with van der Waals surface area (Å²) in [5.41, 5.74) is 2.48. The fourth-order valence-corrected chi connectivity index (χ4v) is 3.12. The first-order valence-corrected chi connectivity index (χ1v) is 10.4. The average Bonchev–Trinajstić information content (AvgIpc) is 3.44. The molecule has 4 aromatic rings. The van der Waals surface area contributed by atoms with Crippen LogP contribution in [0.25, 0.3) is 0 Å². The van der Waals surface area contributed by atoms with Crippen molar-refractivity contribution < 1.29 is 14.3 Å². The van der Waals surface area contributed by atoms with Gasteiger partial charge < -0.3 is 15.4 Å². The Morgan fingerprint density at radius 3 is 2.24 bits per heavy atom. The lowest BCUT2D eigenvalue weighted by Gasteiger charge is -2.08. The maximum Gasteiger partial charge on any atom is 0.276 e. The lowest BCUT2D eigenvalue weighted by atomic mass is 10.2. The topological polar surface area (TPSA) is 103 Å². The van der Waals surface area contributed by atoms with E-state index >= 15 is 0 Å². The highest BCUT2D eigenvalue weighted by atomic mass is 35.5. The highest BCUT2D eigenvalue weighted by molar-refractivity contribution is 6.31. The van der Waals surface area contributed by atoms with E-state index in [-0.39, 0.29) is 24.2 Å². The Morgan fingerprint density at radius 1 is 0.939 bits per heavy atom. The summed E-state index contributed by atoms with van der Waals surface area (Å²) in [6.07, 6.45) is 3.34. The molecule has 33 heavy (non-hydrogen) atoms. The molecule has 0 aliphatic heterocycles. The number of nitrogens with one attached hydrogen (secondary N) is 2. The van der Waals surface area contributed by atoms with Crippen molar-refractivity contribution in [1.29, 1.82) is 0 Å². The summed E-state index contributed by atoms with van der Waals surface area (Å²) >= 11 is 6.02. The van der Waals surface area contributed by atoms with Gasteiger partial charge in [0.1, 0.15) is 5.75 Å². The number of carbonyl (C=O) groups is 2. The number of carbonyl (C=O) groups excluding carboxylic acids is 2. The highest BCUT2D eigenvalue weighted by Gasteiger charge is 2.12. The molecule has 0 saturated carbocycles. The fraction of sp³-hybridized carbons (Fsp3) is 0.130. The third-order valence-corrected chi connectivity index (χ3v) is 5.11. The smallest absolute Gasteiger partial charge is 0.276 e. The van der Waals surface area contributed by atoms with Crippen LogP contribution < -0.4 is 15.4 Å². The number of aryl methyl sites for hydroxylation is 2. The number of amides is 2. The summed E-state index contributed by atoms with van der Waals surface area (Å²) in [4.78, 5) is 24.9. The molecule has 2 aromatic heterocycles. The number of benzene rings is 2. The third kappa shape index (κ3) is 5.58. The van der Waals surface area contributed by atoms with Crippen molar-refractivity contribution in [2.45, 2.75) is 13.7 Å². The summed E-state index contributed by atoms with van der Waals surface area (Å²) < 4.78 is 8.76. The van der Waals surface area contributed by atoms with Gasteiger partial charge in [0.25, 0.3) is 11.8 Å². The van der Waals surface area contributed by atoms with Gasteiger partial charge in [-0.3, -0.25) is 14.3 Å². The predicted molar refractivity (Wildman–Crippen MR) is 125 cm³/mol. The molecule has 0 unspecified atom stereocenters. The van der Waals surface area contributed by atoms with Crippen molar-refractivity contribution in [3.05, 3.63) is 89.0 Å². The summed E-state index contributed by atoms with van der Waals surface area (Å²) in [5.74, 6) is -0.0686. The molecule has 4 rings (SSSR count). The van der Waals surface area contributed by atoms with Gasteiger partial charge in [-0.25, -0.2) is 4.68 Å². The molecule has 2 N–H and O–H groups in total. The minimum atomic E-state index is -0.385. The zero-order valence-corrected chi connectivity index (χ0v) is 18.7. The van der Waals surface area contributed by atoms with Crippen LogP contribution in [0.4, 0.5) is 11.4 Å². The van der Waals surface area contributed by atoms with E-state index in [0.29, 0.717) is 27.8 Å². The van der Waals surface area contributed by atoms with E-state index in [0.717, 1.165) is 5.56 Å². The molecule has 2 aromatic carbocycles. The molecule has 0 saturated heterocycles. The average molecular weight is 465 g/mol. The highest BCUT2D eigenvalue weighted by Crippen LogP contribution is 2.21. The van der Waals surface area contributed by atoms with Crippen LogP contribution in [0.2, 0.25) is 5.02 Å². The first-order valence-electron chi connectivity index (χ1n) is 10.0. The number of anilines is 2. The van der Waals surface area contributed by atoms with E-state index < -0.39 is 0 Å². The third-order valence-electron chi connectivity index (χ3n) is 4.69. The molecule has 168 valence electrons. The van der Waals surface area contributed by atoms with Gasteiger partial charge in [0.2, 0.25) is 0 Å². The van der Waals surface area contributed by atoms with Crippen molar-refractivity contribution in [3.63, 3.8) is 0 Å². The van der Waals surface area contributed by atoms with Crippen molar-refractivity contribution in [2.24, 2.45) is 7.05 Å². The second-order valence-electron chi connectivity index (χ2n) is 7.29. The van der Waals surface area contributed by atoms with Crippen LogP contribution in [0.1, 0.15) is 26.5 Å². The zero-order chi connectivity index (χ0) is 23.4. The number of halogens is 1. The van der Waals surface area contributed by atoms with Crippen LogP contribution in [-0.2, 0) is 13.8 Å². The molecule has 0 radical (unpaired) electrons. The maximum absolute atomic E-state index is 12.6. The molecule has 0 spiro atoms. The van der Waals surface area contributed by atoms with Crippen molar-refractivity contribution in [1.82, 2.24) is 19.6 Å². The lowest BCUT2D eigenvalue weighted by molar-refractivity contribution is 0.101. The number of rotatable bonds is 7. The Balaban J connectivity index is 1.35. The minimum absolute atomic E-state index is 0.142. The number of hydrogen-bond acceptors (Lipinski definition) is 5. The minimum Gasteiger partial charge on any atom is -0.471 e. The standard InChI is InChI=1S/C23H21ClN6O3/c1-15-12-18(6-7-19(15)24)33-14-30-11-9-21(28-30)23(32)26-17-5-3-4-16(13-17)25-22(31)20-8-10-29(2)27-20/h3-13H,14H2,1-2H3,(H,25,31)(H,26,32). The quantitative estimate of drug-likeness (QED) is 0.428. The Bertz CT molecular complexity index is 1310. The van der Waals surface area contributed by atoms with Crippen molar-refractivity contribution in [3.8, 4) is 5.75 Å². The van der Waals surface area contributed by atoms with E-state index in [1.807, 2.05) is 13.0 Å². The van der Waals surface area contributed by atoms with Crippen LogP contribution in [0.3, 0.4) is 0 Å². The summed E-state index contributed by atoms with van der Waals surface area (Å²) in [5, 5.41) is 14.5.